The lowest BCUT2D eigenvalue weighted by Crippen LogP contribution is -2.02. The van der Waals surface area contributed by atoms with E-state index < -0.39 is 11.8 Å². The highest BCUT2D eigenvalue weighted by molar-refractivity contribution is 6.30. The number of carboxylic acids is 1. The van der Waals surface area contributed by atoms with E-state index in [2.05, 4.69) is 5.32 Å². The van der Waals surface area contributed by atoms with E-state index in [1.165, 1.54) is 24.3 Å². The van der Waals surface area contributed by atoms with Gasteiger partial charge in [-0.2, -0.15) is 0 Å². The lowest BCUT2D eigenvalue weighted by atomic mass is 10.1. The van der Waals surface area contributed by atoms with Gasteiger partial charge >= 0.3 is 5.97 Å². The second-order valence-corrected chi connectivity index (χ2v) is 4.07. The number of rotatable bonds is 3. The standard InChI is InChI=1S/C13H9ClFNO2/c14-8-5-9(15)7-10(6-8)16-12-4-2-1-3-11(12)13(17)18/h1-7,16H,(H,17,18). The molecule has 2 rings (SSSR count). The molecule has 0 bridgehead atoms. The highest BCUT2D eigenvalue weighted by Crippen LogP contribution is 2.24. The molecule has 0 fully saturated rings. The molecule has 0 atom stereocenters. The quantitative estimate of drug-likeness (QED) is 0.884. The Morgan fingerprint density at radius 2 is 1.94 bits per heavy atom. The largest absolute Gasteiger partial charge is 0.478 e. The molecular formula is C13H9ClFNO2. The third kappa shape index (κ3) is 2.78. The van der Waals surface area contributed by atoms with Crippen LogP contribution < -0.4 is 5.32 Å². The number of para-hydroxylation sites is 1. The summed E-state index contributed by atoms with van der Waals surface area (Å²) < 4.78 is 13.1. The zero-order valence-corrected chi connectivity index (χ0v) is 9.91. The molecule has 2 aromatic carbocycles. The molecule has 0 saturated carbocycles. The molecule has 92 valence electrons. The Morgan fingerprint density at radius 1 is 1.22 bits per heavy atom. The molecule has 0 aliphatic heterocycles. The first-order chi connectivity index (χ1) is 8.56. The van der Waals surface area contributed by atoms with Crippen LogP contribution in [0.1, 0.15) is 10.4 Å². The van der Waals surface area contributed by atoms with E-state index in [9.17, 15) is 9.18 Å². The molecule has 2 aromatic rings. The fourth-order valence-electron chi connectivity index (χ4n) is 1.56. The summed E-state index contributed by atoms with van der Waals surface area (Å²) in [7, 11) is 0. The van der Waals surface area contributed by atoms with Gasteiger partial charge in [-0.3, -0.25) is 0 Å². The van der Waals surface area contributed by atoms with E-state index in [1.54, 1.807) is 18.2 Å². The lowest BCUT2D eigenvalue weighted by molar-refractivity contribution is 0.0698. The van der Waals surface area contributed by atoms with Gasteiger partial charge in [-0.15, -0.1) is 0 Å². The minimum absolute atomic E-state index is 0.109. The normalized spacial score (nSPS) is 10.1. The summed E-state index contributed by atoms with van der Waals surface area (Å²) in [6.07, 6.45) is 0. The maximum Gasteiger partial charge on any atom is 0.337 e. The SMILES string of the molecule is O=C(O)c1ccccc1Nc1cc(F)cc(Cl)c1. The lowest BCUT2D eigenvalue weighted by Gasteiger charge is -2.09. The highest BCUT2D eigenvalue weighted by atomic mass is 35.5. The van der Waals surface area contributed by atoms with Gasteiger partial charge in [0, 0.05) is 10.7 Å². The van der Waals surface area contributed by atoms with E-state index in [1.807, 2.05) is 0 Å². The van der Waals surface area contributed by atoms with Crippen molar-refractivity contribution in [1.82, 2.24) is 0 Å². The maximum absolute atomic E-state index is 13.1. The zero-order chi connectivity index (χ0) is 13.1. The van der Waals surface area contributed by atoms with Crippen LogP contribution in [0.4, 0.5) is 15.8 Å². The van der Waals surface area contributed by atoms with E-state index in [4.69, 9.17) is 16.7 Å². The van der Waals surface area contributed by atoms with Gasteiger partial charge in [0.05, 0.1) is 11.3 Å². The van der Waals surface area contributed by atoms with Crippen molar-refractivity contribution < 1.29 is 14.3 Å². The molecule has 18 heavy (non-hydrogen) atoms. The molecule has 3 nitrogen and oxygen atoms in total. The van der Waals surface area contributed by atoms with E-state index in [0.29, 0.717) is 11.4 Å². The summed E-state index contributed by atoms with van der Waals surface area (Å²) in [6, 6.07) is 10.3. The van der Waals surface area contributed by atoms with Crippen LogP contribution in [0.15, 0.2) is 42.5 Å². The molecule has 0 unspecified atom stereocenters. The second-order valence-electron chi connectivity index (χ2n) is 3.63. The molecule has 0 aliphatic rings. The summed E-state index contributed by atoms with van der Waals surface area (Å²) in [5.41, 5.74) is 0.887. The predicted molar refractivity (Wildman–Crippen MR) is 68.1 cm³/mol. The fraction of sp³-hybridized carbons (Fsp3) is 0. The van der Waals surface area contributed by atoms with Crippen molar-refractivity contribution in [3.05, 3.63) is 58.9 Å². The number of aromatic carboxylic acids is 1. The van der Waals surface area contributed by atoms with Gasteiger partial charge in [-0.25, -0.2) is 9.18 Å². The minimum atomic E-state index is -1.06. The van der Waals surface area contributed by atoms with Gasteiger partial charge in [-0.1, -0.05) is 23.7 Å². The smallest absolute Gasteiger partial charge is 0.337 e. The molecule has 0 aliphatic carbocycles. The number of carboxylic acid groups (broad SMARTS) is 1. The molecule has 2 N–H and O–H groups in total. The minimum Gasteiger partial charge on any atom is -0.478 e. The van der Waals surface area contributed by atoms with Crippen molar-refractivity contribution in [2.45, 2.75) is 0 Å². The Labute approximate surface area is 108 Å². The first-order valence-electron chi connectivity index (χ1n) is 5.12. The number of benzene rings is 2. The number of hydrogen-bond donors (Lipinski definition) is 2. The number of hydrogen-bond acceptors (Lipinski definition) is 2. The van der Waals surface area contributed by atoms with E-state index in [-0.39, 0.29) is 10.6 Å². The Bertz CT molecular complexity index is 581. The van der Waals surface area contributed by atoms with Gasteiger partial charge in [-0.05, 0) is 30.3 Å². The highest BCUT2D eigenvalue weighted by Gasteiger charge is 2.09. The number of nitrogens with one attached hydrogen (secondary N) is 1. The fourth-order valence-corrected chi connectivity index (χ4v) is 1.78. The van der Waals surface area contributed by atoms with Crippen LogP contribution in [0.5, 0.6) is 0 Å². The Morgan fingerprint density at radius 3 is 2.61 bits per heavy atom. The number of halogens is 2. The van der Waals surface area contributed by atoms with Crippen molar-refractivity contribution in [2.75, 3.05) is 5.32 Å². The van der Waals surface area contributed by atoms with Crippen LogP contribution >= 0.6 is 11.6 Å². The molecule has 5 heteroatoms. The van der Waals surface area contributed by atoms with Gasteiger partial charge in [0.1, 0.15) is 5.82 Å². The van der Waals surface area contributed by atoms with E-state index in [0.717, 1.165) is 0 Å². The van der Waals surface area contributed by atoms with Crippen LogP contribution in [-0.2, 0) is 0 Å². The molecule has 0 saturated heterocycles. The van der Waals surface area contributed by atoms with Crippen LogP contribution in [0.3, 0.4) is 0 Å². The number of carbonyl (C=O) groups is 1. The van der Waals surface area contributed by atoms with Gasteiger partial charge in [0.2, 0.25) is 0 Å². The van der Waals surface area contributed by atoms with Crippen LogP contribution in [0.2, 0.25) is 5.02 Å². The molecule has 0 amide bonds. The van der Waals surface area contributed by atoms with Crippen molar-refractivity contribution in [3.63, 3.8) is 0 Å². The first-order valence-corrected chi connectivity index (χ1v) is 5.49. The molecule has 0 radical (unpaired) electrons. The van der Waals surface area contributed by atoms with Crippen molar-refractivity contribution in [1.29, 1.82) is 0 Å². The van der Waals surface area contributed by atoms with Gasteiger partial charge < -0.3 is 10.4 Å². The monoisotopic (exact) mass is 265 g/mol. The van der Waals surface area contributed by atoms with Crippen molar-refractivity contribution in [3.8, 4) is 0 Å². The Balaban J connectivity index is 2.37. The second kappa shape index (κ2) is 5.06. The van der Waals surface area contributed by atoms with Gasteiger partial charge in [0.15, 0.2) is 0 Å². The summed E-state index contributed by atoms with van der Waals surface area (Å²) in [5.74, 6) is -1.54. The molecular weight excluding hydrogens is 257 g/mol. The van der Waals surface area contributed by atoms with Crippen LogP contribution in [0.25, 0.3) is 0 Å². The summed E-state index contributed by atoms with van der Waals surface area (Å²) in [5, 5.41) is 12.1. The third-order valence-electron chi connectivity index (χ3n) is 2.30. The maximum atomic E-state index is 13.1. The molecule has 0 aromatic heterocycles. The Kier molecular flexibility index (Phi) is 3.48. The summed E-state index contributed by atoms with van der Waals surface area (Å²) >= 11 is 5.72. The topological polar surface area (TPSA) is 49.3 Å². The summed E-state index contributed by atoms with van der Waals surface area (Å²) in [4.78, 5) is 11.0. The first kappa shape index (κ1) is 12.4. The van der Waals surface area contributed by atoms with Crippen LogP contribution in [-0.4, -0.2) is 11.1 Å². The third-order valence-corrected chi connectivity index (χ3v) is 2.52. The zero-order valence-electron chi connectivity index (χ0n) is 9.15. The van der Waals surface area contributed by atoms with E-state index >= 15 is 0 Å². The molecule has 0 spiro atoms. The van der Waals surface area contributed by atoms with Gasteiger partial charge in [0.25, 0.3) is 0 Å². The van der Waals surface area contributed by atoms with Crippen LogP contribution in [0, 0.1) is 5.82 Å². The average Bonchev–Trinajstić information content (AvgIpc) is 2.27. The van der Waals surface area contributed by atoms with Crippen molar-refractivity contribution in [2.24, 2.45) is 0 Å². The Hall–Kier alpha value is -2.07. The van der Waals surface area contributed by atoms with Crippen molar-refractivity contribution >= 4 is 28.9 Å². The molecule has 0 heterocycles. The average molecular weight is 266 g/mol. The summed E-state index contributed by atoms with van der Waals surface area (Å²) in [6.45, 7) is 0. The number of anilines is 2. The predicted octanol–water partition coefficient (Wildman–Crippen LogP) is 3.92.